The second-order valence-corrected chi connectivity index (χ2v) is 7.28. The SMILES string of the molecule is Cc1csc(C2(NC(=O)c3cc(C4CC4)on3)CCCC2)n1. The number of amides is 1. The zero-order valence-corrected chi connectivity index (χ0v) is 13.4. The van der Waals surface area contributed by atoms with Gasteiger partial charge in [0.15, 0.2) is 5.69 Å². The lowest BCUT2D eigenvalue weighted by molar-refractivity contribution is 0.0888. The fourth-order valence-electron chi connectivity index (χ4n) is 3.18. The highest BCUT2D eigenvalue weighted by Crippen LogP contribution is 2.41. The standard InChI is InChI=1S/C16H19N3O2S/c1-10-9-22-15(17-10)16(6-2-3-7-16)18-14(20)12-8-13(21-19-12)11-4-5-11/h8-9,11H,2-7H2,1H3,(H,18,20). The van der Waals surface area contributed by atoms with Crippen LogP contribution in [0, 0.1) is 6.92 Å². The van der Waals surface area contributed by atoms with Crippen molar-refractivity contribution in [1.29, 1.82) is 0 Å². The molecule has 1 N–H and O–H groups in total. The number of thiazole rings is 1. The Bertz CT molecular complexity index is 696. The molecule has 116 valence electrons. The summed E-state index contributed by atoms with van der Waals surface area (Å²) in [4.78, 5) is 17.2. The monoisotopic (exact) mass is 317 g/mol. The number of carbonyl (C=O) groups excluding carboxylic acids is 1. The van der Waals surface area contributed by atoms with Crippen molar-refractivity contribution in [1.82, 2.24) is 15.5 Å². The van der Waals surface area contributed by atoms with Crippen molar-refractivity contribution < 1.29 is 9.32 Å². The first-order valence-corrected chi connectivity index (χ1v) is 8.76. The van der Waals surface area contributed by atoms with Gasteiger partial charge in [0.25, 0.3) is 5.91 Å². The molecule has 2 aromatic rings. The number of hydrogen-bond donors (Lipinski definition) is 1. The van der Waals surface area contributed by atoms with E-state index in [0.717, 1.165) is 55.0 Å². The van der Waals surface area contributed by atoms with Gasteiger partial charge in [-0.05, 0) is 32.6 Å². The lowest BCUT2D eigenvalue weighted by atomic mass is 9.98. The third-order valence-electron chi connectivity index (χ3n) is 4.58. The Morgan fingerprint density at radius 2 is 2.18 bits per heavy atom. The van der Waals surface area contributed by atoms with Gasteiger partial charge in [0, 0.05) is 23.1 Å². The number of nitrogens with zero attached hydrogens (tertiary/aromatic N) is 2. The molecule has 0 aromatic carbocycles. The Hall–Kier alpha value is -1.69. The van der Waals surface area contributed by atoms with Crippen LogP contribution >= 0.6 is 11.3 Å². The number of nitrogens with one attached hydrogen (secondary N) is 1. The summed E-state index contributed by atoms with van der Waals surface area (Å²) in [5, 5.41) is 10.2. The average molecular weight is 317 g/mol. The fourth-order valence-corrected chi connectivity index (χ4v) is 4.19. The van der Waals surface area contributed by atoms with E-state index in [-0.39, 0.29) is 11.4 Å². The summed E-state index contributed by atoms with van der Waals surface area (Å²) in [6.45, 7) is 1.99. The summed E-state index contributed by atoms with van der Waals surface area (Å²) in [7, 11) is 0. The van der Waals surface area contributed by atoms with Gasteiger partial charge in [-0.3, -0.25) is 4.79 Å². The van der Waals surface area contributed by atoms with Gasteiger partial charge in [0.2, 0.25) is 0 Å². The first-order chi connectivity index (χ1) is 10.7. The molecule has 2 aliphatic carbocycles. The van der Waals surface area contributed by atoms with Gasteiger partial charge < -0.3 is 9.84 Å². The smallest absolute Gasteiger partial charge is 0.274 e. The third-order valence-corrected chi connectivity index (χ3v) is 5.74. The predicted molar refractivity (Wildman–Crippen MR) is 82.9 cm³/mol. The summed E-state index contributed by atoms with van der Waals surface area (Å²) < 4.78 is 5.29. The van der Waals surface area contributed by atoms with Crippen LogP contribution in [0.5, 0.6) is 0 Å². The highest BCUT2D eigenvalue weighted by atomic mass is 32.1. The van der Waals surface area contributed by atoms with Gasteiger partial charge in [0.1, 0.15) is 10.8 Å². The number of rotatable bonds is 4. The van der Waals surface area contributed by atoms with Crippen LogP contribution in [0.2, 0.25) is 0 Å². The van der Waals surface area contributed by atoms with Crippen molar-refractivity contribution >= 4 is 17.2 Å². The molecule has 4 rings (SSSR count). The highest BCUT2D eigenvalue weighted by molar-refractivity contribution is 7.09. The molecule has 2 aromatic heterocycles. The number of carbonyl (C=O) groups is 1. The van der Waals surface area contributed by atoms with Crippen LogP contribution in [0.15, 0.2) is 16.0 Å². The Kier molecular flexibility index (Phi) is 3.29. The molecule has 22 heavy (non-hydrogen) atoms. The second-order valence-electron chi connectivity index (χ2n) is 6.43. The zero-order chi connectivity index (χ0) is 15.2. The molecule has 0 radical (unpaired) electrons. The van der Waals surface area contributed by atoms with Crippen molar-refractivity contribution in [2.45, 2.75) is 56.9 Å². The molecule has 2 aliphatic rings. The molecule has 0 bridgehead atoms. The average Bonchev–Trinajstić information content (AvgIpc) is 2.95. The van der Waals surface area contributed by atoms with Crippen LogP contribution < -0.4 is 5.32 Å². The topological polar surface area (TPSA) is 68.0 Å². The first-order valence-electron chi connectivity index (χ1n) is 7.88. The van der Waals surface area contributed by atoms with E-state index < -0.39 is 0 Å². The van der Waals surface area contributed by atoms with Crippen molar-refractivity contribution in [2.75, 3.05) is 0 Å². The first kappa shape index (κ1) is 13.9. The van der Waals surface area contributed by atoms with E-state index in [0.29, 0.717) is 11.6 Å². The Labute approximate surface area is 133 Å². The van der Waals surface area contributed by atoms with E-state index in [1.54, 1.807) is 17.4 Å². The Morgan fingerprint density at radius 1 is 1.41 bits per heavy atom. The zero-order valence-electron chi connectivity index (χ0n) is 12.6. The number of hydrogen-bond acceptors (Lipinski definition) is 5. The number of aromatic nitrogens is 2. The molecule has 0 spiro atoms. The highest BCUT2D eigenvalue weighted by Gasteiger charge is 2.40. The predicted octanol–water partition coefficient (Wildman–Crippen LogP) is 3.52. The Morgan fingerprint density at radius 3 is 2.82 bits per heavy atom. The third kappa shape index (κ3) is 2.45. The molecule has 2 saturated carbocycles. The van der Waals surface area contributed by atoms with Crippen molar-refractivity contribution in [2.24, 2.45) is 0 Å². The van der Waals surface area contributed by atoms with Gasteiger partial charge >= 0.3 is 0 Å². The Balaban J connectivity index is 1.57. The minimum absolute atomic E-state index is 0.148. The molecule has 0 unspecified atom stereocenters. The molecule has 0 saturated heterocycles. The van der Waals surface area contributed by atoms with Gasteiger partial charge in [0.05, 0.1) is 5.54 Å². The quantitative estimate of drug-likeness (QED) is 0.937. The molecule has 5 nitrogen and oxygen atoms in total. The van der Waals surface area contributed by atoms with Crippen molar-refractivity contribution in [3.05, 3.63) is 33.6 Å². The van der Waals surface area contributed by atoms with E-state index >= 15 is 0 Å². The molecular formula is C16H19N3O2S. The maximum Gasteiger partial charge on any atom is 0.274 e. The second kappa shape index (κ2) is 5.19. The maximum atomic E-state index is 12.6. The van der Waals surface area contributed by atoms with Gasteiger partial charge in [-0.15, -0.1) is 11.3 Å². The molecular weight excluding hydrogens is 298 g/mol. The minimum atomic E-state index is -0.325. The van der Waals surface area contributed by atoms with Crippen LogP contribution in [-0.2, 0) is 5.54 Å². The van der Waals surface area contributed by atoms with Crippen LogP contribution in [0.3, 0.4) is 0 Å². The molecule has 1 amide bonds. The van der Waals surface area contributed by atoms with Crippen LogP contribution in [0.1, 0.15) is 71.4 Å². The minimum Gasteiger partial charge on any atom is -0.360 e. The lowest BCUT2D eigenvalue weighted by Gasteiger charge is -2.27. The van der Waals surface area contributed by atoms with Gasteiger partial charge in [-0.1, -0.05) is 18.0 Å². The summed E-state index contributed by atoms with van der Waals surface area (Å²) in [6, 6.07) is 1.79. The molecule has 6 heteroatoms. The largest absolute Gasteiger partial charge is 0.360 e. The lowest BCUT2D eigenvalue weighted by Crippen LogP contribution is -2.43. The summed E-state index contributed by atoms with van der Waals surface area (Å²) in [5.41, 5.74) is 1.08. The van der Waals surface area contributed by atoms with E-state index in [2.05, 4.69) is 15.5 Å². The van der Waals surface area contributed by atoms with E-state index in [4.69, 9.17) is 4.52 Å². The molecule has 0 atom stereocenters. The van der Waals surface area contributed by atoms with E-state index in [9.17, 15) is 4.79 Å². The summed E-state index contributed by atoms with van der Waals surface area (Å²) >= 11 is 1.63. The summed E-state index contributed by atoms with van der Waals surface area (Å²) in [5.74, 6) is 1.16. The van der Waals surface area contributed by atoms with Crippen LogP contribution in [0.4, 0.5) is 0 Å². The number of aryl methyl sites for hydroxylation is 1. The maximum absolute atomic E-state index is 12.6. The van der Waals surface area contributed by atoms with Crippen LogP contribution in [-0.4, -0.2) is 16.0 Å². The van der Waals surface area contributed by atoms with E-state index in [1.165, 1.54) is 0 Å². The van der Waals surface area contributed by atoms with Gasteiger partial charge in [-0.2, -0.15) is 0 Å². The fraction of sp³-hybridized carbons (Fsp3) is 0.562. The van der Waals surface area contributed by atoms with E-state index in [1.807, 2.05) is 12.3 Å². The normalized spacial score (nSPS) is 20.2. The summed E-state index contributed by atoms with van der Waals surface area (Å²) in [6.07, 6.45) is 6.39. The molecule has 2 fully saturated rings. The molecule has 0 aliphatic heterocycles. The van der Waals surface area contributed by atoms with Crippen molar-refractivity contribution in [3.8, 4) is 0 Å². The van der Waals surface area contributed by atoms with Gasteiger partial charge in [-0.25, -0.2) is 4.98 Å². The molecule has 2 heterocycles. The van der Waals surface area contributed by atoms with Crippen LogP contribution in [0.25, 0.3) is 0 Å². The van der Waals surface area contributed by atoms with Crippen molar-refractivity contribution in [3.63, 3.8) is 0 Å².